The predicted molar refractivity (Wildman–Crippen MR) is 158 cm³/mol. The zero-order chi connectivity index (χ0) is 29.7. The van der Waals surface area contributed by atoms with E-state index in [9.17, 15) is 18.0 Å². The molecule has 3 aromatic carbocycles. The summed E-state index contributed by atoms with van der Waals surface area (Å²) in [6.07, 6.45) is 0. The van der Waals surface area contributed by atoms with Gasteiger partial charge in [0.05, 0.1) is 17.7 Å². The second-order valence-electron chi connectivity index (χ2n) is 11.0. The first-order valence-electron chi connectivity index (χ1n) is 13.1. The van der Waals surface area contributed by atoms with Crippen molar-refractivity contribution in [3.8, 4) is 5.75 Å². The number of hydrogen-bond acceptors (Lipinski definition) is 5. The van der Waals surface area contributed by atoms with Gasteiger partial charge in [0.1, 0.15) is 18.3 Å². The molecule has 0 spiro atoms. The third kappa shape index (κ3) is 7.85. The Hall–Kier alpha value is -3.85. The van der Waals surface area contributed by atoms with Gasteiger partial charge in [-0.1, -0.05) is 42.0 Å². The van der Waals surface area contributed by atoms with E-state index in [0.717, 1.165) is 21.0 Å². The summed E-state index contributed by atoms with van der Waals surface area (Å²) in [5.41, 5.74) is 2.35. The van der Waals surface area contributed by atoms with Crippen molar-refractivity contribution in [3.05, 3.63) is 89.5 Å². The van der Waals surface area contributed by atoms with Crippen LogP contribution in [0.15, 0.2) is 77.7 Å². The lowest BCUT2D eigenvalue weighted by Gasteiger charge is -2.33. The molecule has 0 aliphatic heterocycles. The van der Waals surface area contributed by atoms with E-state index in [-0.39, 0.29) is 17.3 Å². The van der Waals surface area contributed by atoms with E-state index < -0.39 is 34.1 Å². The highest BCUT2D eigenvalue weighted by molar-refractivity contribution is 7.92. The quantitative estimate of drug-likeness (QED) is 0.380. The van der Waals surface area contributed by atoms with E-state index in [1.54, 1.807) is 62.6 Å². The molecule has 0 saturated carbocycles. The molecule has 1 atom stereocenters. The lowest BCUT2D eigenvalue weighted by atomic mass is 10.1. The van der Waals surface area contributed by atoms with Crippen LogP contribution in [0.1, 0.15) is 44.4 Å². The highest BCUT2D eigenvalue weighted by atomic mass is 32.2. The van der Waals surface area contributed by atoms with Crippen molar-refractivity contribution in [2.45, 2.75) is 64.6 Å². The molecule has 0 saturated heterocycles. The van der Waals surface area contributed by atoms with Crippen molar-refractivity contribution in [2.24, 2.45) is 0 Å². The molecule has 8 nitrogen and oxygen atoms in total. The summed E-state index contributed by atoms with van der Waals surface area (Å²) < 4.78 is 34.3. The number of anilines is 1. The summed E-state index contributed by atoms with van der Waals surface area (Å²) in [5.74, 6) is -0.246. The normalized spacial score (nSPS) is 12.4. The Kier molecular flexibility index (Phi) is 9.63. The van der Waals surface area contributed by atoms with E-state index in [2.05, 4.69) is 5.32 Å². The summed E-state index contributed by atoms with van der Waals surface area (Å²) in [5, 5.41) is 2.93. The highest BCUT2D eigenvalue weighted by Crippen LogP contribution is 2.26. The van der Waals surface area contributed by atoms with Gasteiger partial charge in [-0.3, -0.25) is 13.9 Å². The number of nitrogens with zero attached hydrogens (tertiary/aromatic N) is 2. The number of carbonyl (C=O) groups is 2. The van der Waals surface area contributed by atoms with Gasteiger partial charge in [-0.15, -0.1) is 0 Å². The number of rotatable bonds is 10. The summed E-state index contributed by atoms with van der Waals surface area (Å²) in [7, 11) is -2.56. The molecule has 0 bridgehead atoms. The van der Waals surface area contributed by atoms with Gasteiger partial charge in [-0.05, 0) is 89.1 Å². The Bertz CT molecular complexity index is 1450. The number of nitrogens with one attached hydrogen (secondary N) is 1. The maximum absolute atomic E-state index is 14.0. The van der Waals surface area contributed by atoms with E-state index in [1.165, 1.54) is 17.0 Å². The number of benzene rings is 3. The van der Waals surface area contributed by atoms with Gasteiger partial charge in [0, 0.05) is 12.1 Å². The Labute approximate surface area is 238 Å². The predicted octanol–water partition coefficient (Wildman–Crippen LogP) is 4.84. The van der Waals surface area contributed by atoms with Crippen molar-refractivity contribution in [1.29, 1.82) is 0 Å². The zero-order valence-electron chi connectivity index (χ0n) is 24.3. The van der Waals surface area contributed by atoms with E-state index in [4.69, 9.17) is 4.74 Å². The van der Waals surface area contributed by atoms with E-state index in [1.807, 2.05) is 46.8 Å². The van der Waals surface area contributed by atoms with Gasteiger partial charge >= 0.3 is 0 Å². The molecular weight excluding hydrogens is 526 g/mol. The van der Waals surface area contributed by atoms with Crippen LogP contribution in [0.5, 0.6) is 5.75 Å². The van der Waals surface area contributed by atoms with Crippen molar-refractivity contribution in [2.75, 3.05) is 18.0 Å². The summed E-state index contributed by atoms with van der Waals surface area (Å²) in [6, 6.07) is 19.8. The minimum absolute atomic E-state index is 0.0743. The highest BCUT2D eigenvalue weighted by Gasteiger charge is 2.33. The zero-order valence-corrected chi connectivity index (χ0v) is 25.1. The first-order valence-corrected chi connectivity index (χ1v) is 14.6. The summed E-state index contributed by atoms with van der Waals surface area (Å²) in [6.45, 7) is 10.6. The van der Waals surface area contributed by atoms with Gasteiger partial charge in [0.25, 0.3) is 10.0 Å². The second kappa shape index (κ2) is 12.6. The molecule has 0 aliphatic carbocycles. The number of sulfonamides is 1. The number of aryl methyl sites for hydroxylation is 2. The first kappa shape index (κ1) is 30.7. The Balaban J connectivity index is 2.05. The lowest BCUT2D eigenvalue weighted by molar-refractivity contribution is -0.140. The Morgan fingerprint density at radius 3 is 2.17 bits per heavy atom. The van der Waals surface area contributed by atoms with Crippen molar-refractivity contribution < 1.29 is 22.7 Å². The van der Waals surface area contributed by atoms with Crippen molar-refractivity contribution in [3.63, 3.8) is 0 Å². The minimum atomic E-state index is -4.11. The molecule has 9 heteroatoms. The average Bonchev–Trinajstić information content (AvgIpc) is 2.89. The molecule has 0 heterocycles. The second-order valence-corrected chi connectivity index (χ2v) is 12.8. The van der Waals surface area contributed by atoms with Gasteiger partial charge in [0.2, 0.25) is 11.8 Å². The number of hydrogen-bond donors (Lipinski definition) is 1. The fourth-order valence-corrected chi connectivity index (χ4v) is 5.58. The molecular formula is C31H39N3O5S. The number of methoxy groups -OCH3 is 1. The average molecular weight is 566 g/mol. The Morgan fingerprint density at radius 2 is 1.57 bits per heavy atom. The molecule has 0 fully saturated rings. The third-order valence-electron chi connectivity index (χ3n) is 6.33. The van der Waals surface area contributed by atoms with E-state index in [0.29, 0.717) is 11.4 Å². The molecule has 214 valence electrons. The molecule has 1 N–H and O–H groups in total. The van der Waals surface area contributed by atoms with Crippen LogP contribution < -0.4 is 14.4 Å². The van der Waals surface area contributed by atoms with Crippen LogP contribution in [0.25, 0.3) is 0 Å². The largest absolute Gasteiger partial charge is 0.497 e. The molecule has 3 aromatic rings. The molecule has 0 unspecified atom stereocenters. The van der Waals surface area contributed by atoms with E-state index >= 15 is 0 Å². The number of amides is 2. The fraction of sp³-hybridized carbons (Fsp3) is 0.355. The maximum atomic E-state index is 14.0. The summed E-state index contributed by atoms with van der Waals surface area (Å²) in [4.78, 5) is 28.7. The Morgan fingerprint density at radius 1 is 0.925 bits per heavy atom. The molecule has 40 heavy (non-hydrogen) atoms. The third-order valence-corrected chi connectivity index (χ3v) is 8.12. The van der Waals surface area contributed by atoms with Crippen LogP contribution in [0.2, 0.25) is 0 Å². The van der Waals surface area contributed by atoms with Crippen LogP contribution in [-0.4, -0.2) is 50.4 Å². The topological polar surface area (TPSA) is 96.0 Å². The summed E-state index contributed by atoms with van der Waals surface area (Å²) >= 11 is 0. The van der Waals surface area contributed by atoms with Gasteiger partial charge in [-0.25, -0.2) is 8.42 Å². The van der Waals surface area contributed by atoms with Crippen LogP contribution >= 0.6 is 0 Å². The molecule has 0 radical (unpaired) electrons. The van der Waals surface area contributed by atoms with Crippen LogP contribution in [0.4, 0.5) is 5.69 Å². The molecule has 3 rings (SSSR count). The minimum Gasteiger partial charge on any atom is -0.497 e. The van der Waals surface area contributed by atoms with Crippen LogP contribution in [0.3, 0.4) is 0 Å². The van der Waals surface area contributed by atoms with Gasteiger partial charge in [-0.2, -0.15) is 0 Å². The van der Waals surface area contributed by atoms with Crippen molar-refractivity contribution >= 4 is 27.5 Å². The number of carbonyl (C=O) groups excluding carboxylic acids is 2. The number of ether oxygens (including phenoxy) is 1. The SMILES string of the molecule is COc1cccc(CN(C(=O)CN(c2cccc(C)c2)S(=O)(=O)c2ccc(C)cc2)[C@@H](C)C(=O)NC(C)(C)C)c1. The van der Waals surface area contributed by atoms with Crippen LogP contribution in [0, 0.1) is 13.8 Å². The standard InChI is InChI=1S/C31H39N3O5S/c1-22-14-16-28(17-15-22)40(37,38)34(26-12-8-10-23(2)18-26)21-29(35)33(24(3)30(36)32-31(4,5)6)20-25-11-9-13-27(19-25)39-7/h8-19,24H,20-21H2,1-7H3,(H,32,36)/t24-/m0/s1. The monoisotopic (exact) mass is 565 g/mol. The van der Waals surface area contributed by atoms with Crippen LogP contribution in [-0.2, 0) is 26.2 Å². The molecule has 0 aliphatic rings. The fourth-order valence-electron chi connectivity index (χ4n) is 4.17. The van der Waals surface area contributed by atoms with Crippen molar-refractivity contribution in [1.82, 2.24) is 10.2 Å². The first-order chi connectivity index (χ1) is 18.7. The molecule has 2 amide bonds. The van der Waals surface area contributed by atoms with Gasteiger partial charge in [0.15, 0.2) is 0 Å². The maximum Gasteiger partial charge on any atom is 0.264 e. The molecule has 0 aromatic heterocycles. The van der Waals surface area contributed by atoms with Gasteiger partial charge < -0.3 is 15.0 Å². The lowest BCUT2D eigenvalue weighted by Crippen LogP contribution is -2.54. The smallest absolute Gasteiger partial charge is 0.264 e.